The third-order valence-electron chi connectivity index (χ3n) is 2.49. The molecular weight excluding hydrogens is 236 g/mol. The van der Waals surface area contributed by atoms with Gasteiger partial charge in [-0.05, 0) is 19.4 Å². The molecule has 0 fully saturated rings. The molecule has 0 saturated heterocycles. The van der Waals surface area contributed by atoms with Crippen LogP contribution in [0.2, 0.25) is 0 Å². The Morgan fingerprint density at radius 1 is 1.00 bits per heavy atom. The highest BCUT2D eigenvalue weighted by molar-refractivity contribution is 5.25. The second-order valence-corrected chi connectivity index (χ2v) is 3.77. The van der Waals surface area contributed by atoms with Crippen molar-refractivity contribution >= 4 is 0 Å². The van der Waals surface area contributed by atoms with Gasteiger partial charge < -0.3 is 11.5 Å². The first kappa shape index (κ1) is 13.9. The average molecular weight is 250 g/mol. The van der Waals surface area contributed by atoms with Crippen LogP contribution in [0, 0.1) is 23.3 Å². The van der Waals surface area contributed by atoms with Gasteiger partial charge in [0.25, 0.3) is 0 Å². The Kier molecular flexibility index (Phi) is 4.89. The number of nitrogens with two attached hydrogens (primary N) is 2. The summed E-state index contributed by atoms with van der Waals surface area (Å²) in [6.45, 7) is 0.426. The molecule has 0 saturated carbocycles. The second kappa shape index (κ2) is 5.97. The maximum atomic E-state index is 13.3. The van der Waals surface area contributed by atoms with Gasteiger partial charge in [-0.15, -0.1) is 0 Å². The minimum atomic E-state index is -1.44. The molecule has 0 aliphatic heterocycles. The molecule has 96 valence electrons. The third-order valence-corrected chi connectivity index (χ3v) is 2.49. The van der Waals surface area contributed by atoms with Crippen molar-refractivity contribution in [1.82, 2.24) is 0 Å². The van der Waals surface area contributed by atoms with Gasteiger partial charge in [0.1, 0.15) is 0 Å². The smallest absolute Gasteiger partial charge is 0.166 e. The van der Waals surface area contributed by atoms with Crippen LogP contribution in [0.4, 0.5) is 17.6 Å². The molecule has 2 nitrogen and oxygen atoms in total. The zero-order valence-electron chi connectivity index (χ0n) is 9.15. The molecule has 4 N–H and O–H groups in total. The molecule has 6 heteroatoms. The highest BCUT2D eigenvalue weighted by Crippen LogP contribution is 2.26. The summed E-state index contributed by atoms with van der Waals surface area (Å²) in [5.74, 6) is -5.73. The molecule has 0 spiro atoms. The fourth-order valence-electron chi connectivity index (χ4n) is 1.57. The van der Waals surface area contributed by atoms with Crippen molar-refractivity contribution in [3.8, 4) is 0 Å². The van der Waals surface area contributed by atoms with E-state index in [-0.39, 0.29) is 12.5 Å². The Bertz CT molecular complexity index is 369. The van der Waals surface area contributed by atoms with Crippen LogP contribution in [0.1, 0.15) is 30.9 Å². The first-order valence-electron chi connectivity index (χ1n) is 5.27. The van der Waals surface area contributed by atoms with Crippen molar-refractivity contribution in [2.75, 3.05) is 6.54 Å². The van der Waals surface area contributed by atoms with Crippen LogP contribution in [-0.4, -0.2) is 6.54 Å². The summed E-state index contributed by atoms with van der Waals surface area (Å²) in [7, 11) is 0. The predicted molar refractivity (Wildman–Crippen MR) is 56.1 cm³/mol. The molecule has 0 heterocycles. The summed E-state index contributed by atoms with van der Waals surface area (Å²) in [5.41, 5.74) is 10.0. The summed E-state index contributed by atoms with van der Waals surface area (Å²) in [6, 6.07) is -0.910. The van der Waals surface area contributed by atoms with E-state index in [9.17, 15) is 17.6 Å². The highest BCUT2D eigenvalue weighted by Gasteiger charge is 2.23. The molecule has 1 atom stereocenters. The summed E-state index contributed by atoms with van der Waals surface area (Å²) in [4.78, 5) is 0. The lowest BCUT2D eigenvalue weighted by Gasteiger charge is -2.14. The van der Waals surface area contributed by atoms with E-state index in [4.69, 9.17) is 11.5 Å². The van der Waals surface area contributed by atoms with Gasteiger partial charge in [-0.1, -0.05) is 6.42 Å². The number of halogens is 4. The molecule has 0 aliphatic carbocycles. The molecule has 0 unspecified atom stereocenters. The quantitative estimate of drug-likeness (QED) is 0.479. The van der Waals surface area contributed by atoms with E-state index in [2.05, 4.69) is 0 Å². The number of benzene rings is 1. The maximum absolute atomic E-state index is 13.3. The van der Waals surface area contributed by atoms with E-state index in [0.717, 1.165) is 0 Å². The molecule has 0 amide bonds. The van der Waals surface area contributed by atoms with Crippen molar-refractivity contribution in [3.05, 3.63) is 34.9 Å². The normalized spacial score (nSPS) is 12.8. The maximum Gasteiger partial charge on any atom is 0.166 e. The second-order valence-electron chi connectivity index (χ2n) is 3.77. The number of rotatable bonds is 5. The third kappa shape index (κ3) is 3.17. The number of hydrogen-bond acceptors (Lipinski definition) is 2. The fourth-order valence-corrected chi connectivity index (χ4v) is 1.57. The minimum absolute atomic E-state index is 0.167. The van der Waals surface area contributed by atoms with Crippen LogP contribution >= 0.6 is 0 Å². The van der Waals surface area contributed by atoms with Crippen molar-refractivity contribution in [2.45, 2.75) is 25.3 Å². The lowest BCUT2D eigenvalue weighted by atomic mass is 10.00. The summed E-state index contributed by atoms with van der Waals surface area (Å²) in [6.07, 6.45) is 1.39. The van der Waals surface area contributed by atoms with Crippen LogP contribution in [0.5, 0.6) is 0 Å². The highest BCUT2D eigenvalue weighted by atomic mass is 19.2. The van der Waals surface area contributed by atoms with Gasteiger partial charge in [0.05, 0.1) is 0 Å². The van der Waals surface area contributed by atoms with Crippen LogP contribution in [-0.2, 0) is 0 Å². The lowest BCUT2D eigenvalue weighted by molar-refractivity contribution is 0.419. The lowest BCUT2D eigenvalue weighted by Crippen LogP contribution is -2.17. The minimum Gasteiger partial charge on any atom is -0.330 e. The van der Waals surface area contributed by atoms with Crippen LogP contribution < -0.4 is 11.5 Å². The monoisotopic (exact) mass is 250 g/mol. The van der Waals surface area contributed by atoms with Gasteiger partial charge in [0.15, 0.2) is 23.3 Å². The van der Waals surface area contributed by atoms with E-state index >= 15 is 0 Å². The van der Waals surface area contributed by atoms with Crippen LogP contribution in [0.3, 0.4) is 0 Å². The largest absolute Gasteiger partial charge is 0.330 e. The zero-order chi connectivity index (χ0) is 13.0. The predicted octanol–water partition coefficient (Wildman–Crippen LogP) is 2.37. The van der Waals surface area contributed by atoms with E-state index in [1.807, 2.05) is 0 Å². The molecule has 1 aromatic carbocycles. The SMILES string of the molecule is NCCCC[C@H](N)c1c(F)c(F)cc(F)c1F. The van der Waals surface area contributed by atoms with Crippen molar-refractivity contribution in [3.63, 3.8) is 0 Å². The first-order chi connectivity index (χ1) is 7.99. The Morgan fingerprint density at radius 3 is 2.00 bits per heavy atom. The van der Waals surface area contributed by atoms with E-state index in [1.54, 1.807) is 0 Å². The summed E-state index contributed by atoms with van der Waals surface area (Å²) < 4.78 is 52.5. The summed E-state index contributed by atoms with van der Waals surface area (Å²) >= 11 is 0. The molecule has 17 heavy (non-hydrogen) atoms. The number of unbranched alkanes of at least 4 members (excludes halogenated alkanes) is 1. The van der Waals surface area contributed by atoms with Crippen molar-refractivity contribution < 1.29 is 17.6 Å². The molecule has 1 aromatic rings. The van der Waals surface area contributed by atoms with Gasteiger partial charge in [-0.3, -0.25) is 0 Å². The molecular formula is C11H14F4N2. The Balaban J connectivity index is 2.95. The molecule has 0 radical (unpaired) electrons. The van der Waals surface area contributed by atoms with Crippen LogP contribution in [0.25, 0.3) is 0 Å². The molecule has 0 bridgehead atoms. The first-order valence-corrected chi connectivity index (χ1v) is 5.27. The topological polar surface area (TPSA) is 52.0 Å². The zero-order valence-corrected chi connectivity index (χ0v) is 9.15. The van der Waals surface area contributed by atoms with Gasteiger partial charge in [0, 0.05) is 17.7 Å². The van der Waals surface area contributed by atoms with Crippen molar-refractivity contribution in [1.29, 1.82) is 0 Å². The Morgan fingerprint density at radius 2 is 1.53 bits per heavy atom. The summed E-state index contributed by atoms with van der Waals surface area (Å²) in [5, 5.41) is 0. The standard InChI is InChI=1S/C11H14F4N2/c12-6-5-7(13)11(15)9(10(6)14)8(17)3-1-2-4-16/h5,8H,1-4,16-17H2/t8-/m0/s1. The fraction of sp³-hybridized carbons (Fsp3) is 0.455. The average Bonchev–Trinajstić information content (AvgIpc) is 2.27. The van der Waals surface area contributed by atoms with E-state index in [0.29, 0.717) is 19.4 Å². The van der Waals surface area contributed by atoms with E-state index in [1.165, 1.54) is 0 Å². The van der Waals surface area contributed by atoms with Gasteiger partial charge >= 0.3 is 0 Å². The number of hydrogen-bond donors (Lipinski definition) is 2. The Labute approximate surface area is 96.6 Å². The van der Waals surface area contributed by atoms with Crippen molar-refractivity contribution in [2.24, 2.45) is 11.5 Å². The van der Waals surface area contributed by atoms with Gasteiger partial charge in [-0.2, -0.15) is 0 Å². The molecule has 0 aliphatic rings. The van der Waals surface area contributed by atoms with E-state index < -0.39 is 34.9 Å². The molecule has 0 aromatic heterocycles. The molecule has 1 rings (SSSR count). The Hall–Kier alpha value is -1.14. The van der Waals surface area contributed by atoms with Crippen LogP contribution in [0.15, 0.2) is 6.07 Å². The van der Waals surface area contributed by atoms with Gasteiger partial charge in [-0.25, -0.2) is 17.6 Å². The van der Waals surface area contributed by atoms with Gasteiger partial charge in [0.2, 0.25) is 0 Å².